The van der Waals surface area contributed by atoms with E-state index in [9.17, 15) is 0 Å². The van der Waals surface area contributed by atoms with Crippen LogP contribution < -0.4 is 5.32 Å². The maximum atomic E-state index is 5.99. The third kappa shape index (κ3) is 5.31. The largest absolute Gasteiger partial charge is 0.377 e. The summed E-state index contributed by atoms with van der Waals surface area (Å²) >= 11 is 0. The first-order valence-electron chi connectivity index (χ1n) is 7.23. The summed E-state index contributed by atoms with van der Waals surface area (Å²) in [6, 6.07) is 0.626. The van der Waals surface area contributed by atoms with Crippen LogP contribution in [-0.2, 0) is 4.74 Å². The minimum Gasteiger partial charge on any atom is -0.377 e. The number of hydrogen-bond donors (Lipinski definition) is 1. The summed E-state index contributed by atoms with van der Waals surface area (Å²) in [6.07, 6.45) is 11.0. The van der Waals surface area contributed by atoms with Crippen molar-refractivity contribution in [1.29, 1.82) is 0 Å². The quantitative estimate of drug-likeness (QED) is 0.609. The van der Waals surface area contributed by atoms with E-state index >= 15 is 0 Å². The topological polar surface area (TPSA) is 21.3 Å². The van der Waals surface area contributed by atoms with Crippen LogP contribution in [0.15, 0.2) is 0 Å². The second kappa shape index (κ2) is 9.00. The van der Waals surface area contributed by atoms with E-state index in [2.05, 4.69) is 19.2 Å². The Kier molecular flexibility index (Phi) is 7.87. The number of unbranched alkanes of at least 4 members (excludes halogenated alkanes) is 4. The lowest BCUT2D eigenvalue weighted by molar-refractivity contribution is 0.0379. The summed E-state index contributed by atoms with van der Waals surface area (Å²) in [5.74, 6) is 0. The smallest absolute Gasteiger partial charge is 0.0728 e. The van der Waals surface area contributed by atoms with E-state index in [1.165, 1.54) is 51.4 Å². The Morgan fingerprint density at radius 2 is 1.88 bits per heavy atom. The van der Waals surface area contributed by atoms with Crippen LogP contribution in [0.3, 0.4) is 0 Å². The summed E-state index contributed by atoms with van der Waals surface area (Å²) in [4.78, 5) is 0. The molecule has 0 aliphatic heterocycles. The highest BCUT2D eigenvalue weighted by molar-refractivity contribution is 4.83. The van der Waals surface area contributed by atoms with Crippen molar-refractivity contribution in [1.82, 2.24) is 5.32 Å². The van der Waals surface area contributed by atoms with Crippen LogP contribution in [-0.4, -0.2) is 25.3 Å². The maximum absolute atomic E-state index is 5.99. The first kappa shape index (κ1) is 14.0. The van der Waals surface area contributed by atoms with Crippen LogP contribution in [0.4, 0.5) is 0 Å². The molecule has 0 amide bonds. The SMILES string of the molecule is CCCCCCCOC1CCCC1NCC. The van der Waals surface area contributed by atoms with Crippen molar-refractivity contribution < 1.29 is 4.74 Å². The molecule has 2 atom stereocenters. The van der Waals surface area contributed by atoms with Gasteiger partial charge in [0.1, 0.15) is 0 Å². The average Bonchev–Trinajstić information content (AvgIpc) is 2.72. The van der Waals surface area contributed by atoms with Gasteiger partial charge in [-0.2, -0.15) is 0 Å². The van der Waals surface area contributed by atoms with Gasteiger partial charge in [-0.1, -0.05) is 39.5 Å². The standard InChI is InChI=1S/C14H29NO/c1-3-5-6-7-8-12-16-14-11-9-10-13(14)15-4-2/h13-15H,3-12H2,1-2H3. The van der Waals surface area contributed by atoms with Crippen LogP contribution in [0.25, 0.3) is 0 Å². The lowest BCUT2D eigenvalue weighted by Crippen LogP contribution is -2.37. The van der Waals surface area contributed by atoms with Gasteiger partial charge in [0.05, 0.1) is 6.10 Å². The second-order valence-electron chi connectivity index (χ2n) is 4.92. The number of nitrogens with one attached hydrogen (secondary N) is 1. The predicted molar refractivity (Wildman–Crippen MR) is 69.8 cm³/mol. The molecule has 1 N–H and O–H groups in total. The molecule has 0 aromatic heterocycles. The molecule has 2 heteroatoms. The molecule has 96 valence electrons. The van der Waals surface area contributed by atoms with E-state index in [1.807, 2.05) is 0 Å². The van der Waals surface area contributed by atoms with Gasteiger partial charge >= 0.3 is 0 Å². The fraction of sp³-hybridized carbons (Fsp3) is 1.00. The van der Waals surface area contributed by atoms with Crippen molar-refractivity contribution in [2.75, 3.05) is 13.2 Å². The summed E-state index contributed by atoms with van der Waals surface area (Å²) in [6.45, 7) is 6.48. The molecular formula is C14H29NO. The van der Waals surface area contributed by atoms with Crippen LogP contribution in [0.1, 0.15) is 65.2 Å². The van der Waals surface area contributed by atoms with Gasteiger partial charge in [-0.15, -0.1) is 0 Å². The lowest BCUT2D eigenvalue weighted by Gasteiger charge is -2.20. The van der Waals surface area contributed by atoms with Gasteiger partial charge in [-0.3, -0.25) is 0 Å². The predicted octanol–water partition coefficient (Wildman–Crippen LogP) is 3.50. The van der Waals surface area contributed by atoms with Crippen molar-refractivity contribution in [3.05, 3.63) is 0 Å². The van der Waals surface area contributed by atoms with E-state index in [0.29, 0.717) is 12.1 Å². The van der Waals surface area contributed by atoms with E-state index in [0.717, 1.165) is 13.2 Å². The molecule has 16 heavy (non-hydrogen) atoms. The number of ether oxygens (including phenoxy) is 1. The van der Waals surface area contributed by atoms with Gasteiger partial charge in [0.25, 0.3) is 0 Å². The second-order valence-corrected chi connectivity index (χ2v) is 4.92. The van der Waals surface area contributed by atoms with Gasteiger partial charge in [-0.25, -0.2) is 0 Å². The minimum atomic E-state index is 0.492. The molecule has 0 bridgehead atoms. The molecule has 1 rings (SSSR count). The van der Waals surface area contributed by atoms with Crippen LogP contribution >= 0.6 is 0 Å². The average molecular weight is 227 g/mol. The molecule has 0 radical (unpaired) electrons. The van der Waals surface area contributed by atoms with Crippen molar-refractivity contribution in [2.24, 2.45) is 0 Å². The molecule has 0 aromatic carbocycles. The zero-order valence-electron chi connectivity index (χ0n) is 11.1. The van der Waals surface area contributed by atoms with E-state index in [-0.39, 0.29) is 0 Å². The molecule has 0 aromatic rings. The Bertz CT molecular complexity index is 161. The van der Waals surface area contributed by atoms with Crippen molar-refractivity contribution in [2.45, 2.75) is 77.4 Å². The molecule has 0 heterocycles. The molecule has 2 unspecified atom stereocenters. The minimum absolute atomic E-state index is 0.492. The summed E-state index contributed by atoms with van der Waals surface area (Å²) in [7, 11) is 0. The molecular weight excluding hydrogens is 198 g/mol. The zero-order chi connectivity index (χ0) is 11.6. The Labute approximate surface area is 101 Å². The van der Waals surface area contributed by atoms with Crippen molar-refractivity contribution in [3.63, 3.8) is 0 Å². The van der Waals surface area contributed by atoms with Crippen molar-refractivity contribution in [3.8, 4) is 0 Å². The molecule has 1 aliphatic carbocycles. The summed E-state index contributed by atoms with van der Waals surface area (Å²) in [5, 5.41) is 3.53. The Morgan fingerprint density at radius 1 is 1.06 bits per heavy atom. The molecule has 0 saturated heterocycles. The fourth-order valence-corrected chi connectivity index (χ4v) is 2.56. The van der Waals surface area contributed by atoms with E-state index in [1.54, 1.807) is 0 Å². The highest BCUT2D eigenvalue weighted by Crippen LogP contribution is 2.22. The van der Waals surface area contributed by atoms with Gasteiger partial charge in [0, 0.05) is 12.6 Å². The molecule has 1 fully saturated rings. The molecule has 1 saturated carbocycles. The molecule has 2 nitrogen and oxygen atoms in total. The Balaban J connectivity index is 1.99. The summed E-state index contributed by atoms with van der Waals surface area (Å²) < 4.78 is 5.99. The number of hydrogen-bond acceptors (Lipinski definition) is 2. The van der Waals surface area contributed by atoms with Crippen LogP contribution in [0.2, 0.25) is 0 Å². The maximum Gasteiger partial charge on any atom is 0.0728 e. The Morgan fingerprint density at radius 3 is 2.62 bits per heavy atom. The van der Waals surface area contributed by atoms with Gasteiger partial charge < -0.3 is 10.1 Å². The Hall–Kier alpha value is -0.0800. The van der Waals surface area contributed by atoms with E-state index in [4.69, 9.17) is 4.74 Å². The highest BCUT2D eigenvalue weighted by atomic mass is 16.5. The monoisotopic (exact) mass is 227 g/mol. The van der Waals surface area contributed by atoms with Gasteiger partial charge in [0.2, 0.25) is 0 Å². The van der Waals surface area contributed by atoms with Crippen molar-refractivity contribution >= 4 is 0 Å². The lowest BCUT2D eigenvalue weighted by atomic mass is 10.1. The van der Waals surface area contributed by atoms with Gasteiger partial charge in [-0.05, 0) is 32.2 Å². The summed E-state index contributed by atoms with van der Waals surface area (Å²) in [5.41, 5.74) is 0. The van der Waals surface area contributed by atoms with Crippen LogP contribution in [0, 0.1) is 0 Å². The normalized spacial score (nSPS) is 25.1. The highest BCUT2D eigenvalue weighted by Gasteiger charge is 2.26. The van der Waals surface area contributed by atoms with Gasteiger partial charge in [0.15, 0.2) is 0 Å². The molecule has 0 spiro atoms. The fourth-order valence-electron chi connectivity index (χ4n) is 2.56. The first-order valence-corrected chi connectivity index (χ1v) is 7.23. The third-order valence-electron chi connectivity index (χ3n) is 3.50. The van der Waals surface area contributed by atoms with E-state index < -0.39 is 0 Å². The first-order chi connectivity index (χ1) is 7.88. The number of rotatable bonds is 9. The molecule has 1 aliphatic rings. The number of likely N-dealkylation sites (N-methyl/N-ethyl adjacent to an activating group) is 1. The third-order valence-corrected chi connectivity index (χ3v) is 3.50. The zero-order valence-corrected chi connectivity index (χ0v) is 11.1. The van der Waals surface area contributed by atoms with Crippen LogP contribution in [0.5, 0.6) is 0 Å².